The molecule has 0 aliphatic carbocycles. The molecule has 1 unspecified atom stereocenters. The van der Waals surface area contributed by atoms with Gasteiger partial charge in [-0.15, -0.1) is 0 Å². The molecule has 1 heterocycles. The summed E-state index contributed by atoms with van der Waals surface area (Å²) >= 11 is 0. The van der Waals surface area contributed by atoms with Crippen molar-refractivity contribution < 1.29 is 14.3 Å². The van der Waals surface area contributed by atoms with Crippen LogP contribution in [0.1, 0.15) is 37.3 Å². The average molecular weight is 332 g/mol. The van der Waals surface area contributed by atoms with E-state index in [9.17, 15) is 9.59 Å². The van der Waals surface area contributed by atoms with Gasteiger partial charge in [0.25, 0.3) is 5.91 Å². The molecule has 0 saturated carbocycles. The Balaban J connectivity index is 1.82. The lowest BCUT2D eigenvalue weighted by atomic mass is 9.98. The lowest BCUT2D eigenvalue weighted by Crippen LogP contribution is -2.40. The Morgan fingerprint density at radius 1 is 1.29 bits per heavy atom. The number of carbonyl (C=O) groups excluding carboxylic acids is 2. The van der Waals surface area contributed by atoms with Gasteiger partial charge in [0.15, 0.2) is 6.61 Å². The minimum Gasteiger partial charge on any atom is -0.455 e. The smallest absolute Gasteiger partial charge is 0.310 e. The summed E-state index contributed by atoms with van der Waals surface area (Å²) in [5, 5.41) is 2.84. The number of nitrogens with zero attached hydrogens (tertiary/aromatic N) is 1. The van der Waals surface area contributed by atoms with Gasteiger partial charge < -0.3 is 15.0 Å². The van der Waals surface area contributed by atoms with E-state index in [0.717, 1.165) is 55.7 Å². The van der Waals surface area contributed by atoms with E-state index in [1.165, 1.54) is 0 Å². The van der Waals surface area contributed by atoms with Crippen molar-refractivity contribution in [1.82, 2.24) is 4.90 Å². The van der Waals surface area contributed by atoms with Crippen molar-refractivity contribution in [3.05, 3.63) is 29.3 Å². The summed E-state index contributed by atoms with van der Waals surface area (Å²) in [6.07, 6.45) is 2.94. The molecule has 1 aliphatic heterocycles. The fourth-order valence-corrected chi connectivity index (χ4v) is 3.21. The molecule has 1 fully saturated rings. The maximum Gasteiger partial charge on any atom is 0.310 e. The van der Waals surface area contributed by atoms with Crippen LogP contribution in [0.4, 0.5) is 5.69 Å². The number of likely N-dealkylation sites (tertiary alicyclic amines) is 1. The van der Waals surface area contributed by atoms with Crippen LogP contribution in [0, 0.1) is 19.8 Å². The zero-order chi connectivity index (χ0) is 17.5. The molecule has 1 aromatic carbocycles. The molecule has 0 aromatic heterocycles. The second-order valence-corrected chi connectivity index (χ2v) is 6.56. The van der Waals surface area contributed by atoms with E-state index in [0.29, 0.717) is 0 Å². The Kier molecular flexibility index (Phi) is 6.79. The van der Waals surface area contributed by atoms with Crippen LogP contribution in [-0.4, -0.2) is 43.0 Å². The SMILES string of the molecule is CCCN1CCCC(C(=O)OCC(=O)Nc2c(C)cccc2C)C1. The van der Waals surface area contributed by atoms with E-state index >= 15 is 0 Å². The second kappa shape index (κ2) is 8.83. The van der Waals surface area contributed by atoms with Crippen LogP contribution in [0.2, 0.25) is 0 Å². The monoisotopic (exact) mass is 332 g/mol. The fourth-order valence-electron chi connectivity index (χ4n) is 3.21. The minimum absolute atomic E-state index is 0.113. The first-order valence-corrected chi connectivity index (χ1v) is 8.76. The number of hydrogen-bond acceptors (Lipinski definition) is 4. The Hall–Kier alpha value is -1.88. The van der Waals surface area contributed by atoms with Crippen molar-refractivity contribution in [2.45, 2.75) is 40.0 Å². The van der Waals surface area contributed by atoms with Crippen LogP contribution in [-0.2, 0) is 14.3 Å². The van der Waals surface area contributed by atoms with E-state index < -0.39 is 0 Å². The first-order valence-electron chi connectivity index (χ1n) is 8.76. The summed E-state index contributed by atoms with van der Waals surface area (Å²) in [5.74, 6) is -0.660. The van der Waals surface area contributed by atoms with Gasteiger partial charge in [-0.25, -0.2) is 0 Å². The second-order valence-electron chi connectivity index (χ2n) is 6.56. The predicted molar refractivity (Wildman–Crippen MR) is 95.0 cm³/mol. The van der Waals surface area contributed by atoms with Crippen molar-refractivity contribution in [3.63, 3.8) is 0 Å². The van der Waals surface area contributed by atoms with Gasteiger partial charge >= 0.3 is 5.97 Å². The number of esters is 1. The third kappa shape index (κ3) is 5.06. The van der Waals surface area contributed by atoms with E-state index in [4.69, 9.17) is 4.74 Å². The molecule has 1 aromatic rings. The van der Waals surface area contributed by atoms with Gasteiger partial charge in [-0.1, -0.05) is 25.1 Å². The van der Waals surface area contributed by atoms with Gasteiger partial charge in [0.05, 0.1) is 5.92 Å². The first kappa shape index (κ1) is 18.5. The highest BCUT2D eigenvalue weighted by molar-refractivity contribution is 5.94. The zero-order valence-corrected chi connectivity index (χ0v) is 14.9. The summed E-state index contributed by atoms with van der Waals surface area (Å²) in [6.45, 7) is 8.60. The Morgan fingerprint density at radius 2 is 2.00 bits per heavy atom. The molecule has 5 nitrogen and oxygen atoms in total. The number of nitrogens with one attached hydrogen (secondary N) is 1. The van der Waals surface area contributed by atoms with Crippen LogP contribution >= 0.6 is 0 Å². The molecule has 24 heavy (non-hydrogen) atoms. The summed E-state index contributed by atoms with van der Waals surface area (Å²) in [4.78, 5) is 26.6. The third-order valence-corrected chi connectivity index (χ3v) is 4.47. The van der Waals surface area contributed by atoms with E-state index in [1.807, 2.05) is 32.0 Å². The number of ether oxygens (including phenoxy) is 1. The van der Waals surface area contributed by atoms with Crippen molar-refractivity contribution >= 4 is 17.6 Å². The largest absolute Gasteiger partial charge is 0.455 e. The highest BCUT2D eigenvalue weighted by Gasteiger charge is 2.27. The van der Waals surface area contributed by atoms with E-state index in [2.05, 4.69) is 17.1 Å². The van der Waals surface area contributed by atoms with Crippen molar-refractivity contribution in [1.29, 1.82) is 0 Å². The number of para-hydroxylation sites is 1. The number of benzene rings is 1. The average Bonchev–Trinajstić information content (AvgIpc) is 2.57. The first-order chi connectivity index (χ1) is 11.5. The van der Waals surface area contributed by atoms with Crippen molar-refractivity contribution in [2.75, 3.05) is 31.6 Å². The molecular weight excluding hydrogens is 304 g/mol. The standard InChI is InChI=1S/C19H28N2O3/c1-4-10-21-11-6-9-16(12-21)19(23)24-13-17(22)20-18-14(2)7-5-8-15(18)3/h5,7-8,16H,4,6,9-13H2,1-3H3,(H,20,22). The Morgan fingerprint density at radius 3 is 2.67 bits per heavy atom. The van der Waals surface area contributed by atoms with Crippen molar-refractivity contribution in [3.8, 4) is 0 Å². The van der Waals surface area contributed by atoms with Gasteiger partial charge in [-0.3, -0.25) is 9.59 Å². The Bertz CT molecular complexity index is 564. The van der Waals surface area contributed by atoms with Gasteiger partial charge in [0.2, 0.25) is 0 Å². The number of hydrogen-bond donors (Lipinski definition) is 1. The molecule has 0 radical (unpaired) electrons. The number of aryl methyl sites for hydroxylation is 2. The maximum atomic E-state index is 12.2. The van der Waals surface area contributed by atoms with Gasteiger partial charge in [0.1, 0.15) is 0 Å². The normalized spacial score (nSPS) is 18.2. The lowest BCUT2D eigenvalue weighted by molar-refractivity contribution is -0.153. The quantitative estimate of drug-likeness (QED) is 0.814. The number of rotatable bonds is 6. The molecule has 132 valence electrons. The fraction of sp³-hybridized carbons (Fsp3) is 0.579. The van der Waals surface area contributed by atoms with E-state index in [-0.39, 0.29) is 24.4 Å². The summed E-state index contributed by atoms with van der Waals surface area (Å²) < 4.78 is 5.24. The van der Waals surface area contributed by atoms with Gasteiger partial charge in [-0.2, -0.15) is 0 Å². The van der Waals surface area contributed by atoms with Crippen molar-refractivity contribution in [2.24, 2.45) is 5.92 Å². The third-order valence-electron chi connectivity index (χ3n) is 4.47. The topological polar surface area (TPSA) is 58.6 Å². The van der Waals surface area contributed by atoms with Crippen LogP contribution < -0.4 is 5.32 Å². The molecule has 1 saturated heterocycles. The van der Waals surface area contributed by atoms with Crippen LogP contribution in [0.3, 0.4) is 0 Å². The molecule has 1 amide bonds. The number of piperidine rings is 1. The van der Waals surface area contributed by atoms with Gasteiger partial charge in [-0.05, 0) is 57.3 Å². The molecule has 0 bridgehead atoms. The van der Waals surface area contributed by atoms with Gasteiger partial charge in [0, 0.05) is 12.2 Å². The number of anilines is 1. The zero-order valence-electron chi connectivity index (χ0n) is 14.9. The summed E-state index contributed by atoms with van der Waals surface area (Å²) in [7, 11) is 0. The molecule has 1 aliphatic rings. The highest BCUT2D eigenvalue weighted by Crippen LogP contribution is 2.20. The minimum atomic E-state index is -0.290. The summed E-state index contributed by atoms with van der Waals surface area (Å²) in [6, 6.07) is 5.84. The lowest BCUT2D eigenvalue weighted by Gasteiger charge is -2.31. The van der Waals surface area contributed by atoms with Crippen LogP contribution in [0.25, 0.3) is 0 Å². The molecule has 5 heteroatoms. The summed E-state index contributed by atoms with van der Waals surface area (Å²) in [5.41, 5.74) is 2.79. The molecule has 2 rings (SSSR count). The number of amides is 1. The van der Waals surface area contributed by atoms with E-state index in [1.54, 1.807) is 0 Å². The number of carbonyl (C=O) groups is 2. The van der Waals surface area contributed by atoms with Crippen LogP contribution in [0.5, 0.6) is 0 Å². The highest BCUT2D eigenvalue weighted by atomic mass is 16.5. The Labute approximate surface area is 144 Å². The maximum absolute atomic E-state index is 12.2. The molecule has 1 N–H and O–H groups in total. The predicted octanol–water partition coefficient (Wildman–Crippen LogP) is 2.91. The molecule has 1 atom stereocenters. The molecule has 0 spiro atoms. The van der Waals surface area contributed by atoms with Crippen LogP contribution in [0.15, 0.2) is 18.2 Å². The molecular formula is C19H28N2O3.